The Morgan fingerprint density at radius 2 is 1.75 bits per heavy atom. The van der Waals surface area contributed by atoms with Crippen LogP contribution in [0.4, 0.5) is 0 Å². The first-order valence-electron chi connectivity index (χ1n) is 12.9. The van der Waals surface area contributed by atoms with Crippen LogP contribution in [0.1, 0.15) is 112 Å². The fraction of sp³-hybridized carbons (Fsp3) is 0.929. The van der Waals surface area contributed by atoms with Crippen LogP contribution in [0.25, 0.3) is 0 Å². The van der Waals surface area contributed by atoms with E-state index in [4.69, 9.17) is 0 Å². The van der Waals surface area contributed by atoms with Gasteiger partial charge in [-0.2, -0.15) is 0 Å². The van der Waals surface area contributed by atoms with Gasteiger partial charge in [0.05, 0.1) is 0 Å². The molecule has 3 fully saturated rings. The number of fused-ring (bicyclic) bond motifs is 5. The SMILES string of the molecule is CC(C)CCC[C@@H](C)[C@H]1CCC2[C@@H]3CC=C4C[C@@H](C)CC[C@]4(C)C3CCC21C. The van der Waals surface area contributed by atoms with Gasteiger partial charge in [0.25, 0.3) is 0 Å². The molecule has 0 radical (unpaired) electrons. The maximum absolute atomic E-state index is 2.75. The summed E-state index contributed by atoms with van der Waals surface area (Å²) in [5.41, 5.74) is 3.06. The predicted octanol–water partition coefficient (Wildman–Crippen LogP) is 8.66. The highest BCUT2D eigenvalue weighted by molar-refractivity contribution is 5.25. The maximum atomic E-state index is 2.75. The fourth-order valence-electron chi connectivity index (χ4n) is 8.87. The molecule has 0 aliphatic heterocycles. The van der Waals surface area contributed by atoms with Gasteiger partial charge in [0.1, 0.15) is 0 Å². The molecule has 0 aromatic carbocycles. The van der Waals surface area contributed by atoms with Gasteiger partial charge in [-0.15, -0.1) is 0 Å². The van der Waals surface area contributed by atoms with Crippen LogP contribution < -0.4 is 0 Å². The van der Waals surface area contributed by atoms with Crippen LogP contribution in [0.2, 0.25) is 0 Å². The summed E-state index contributed by atoms with van der Waals surface area (Å²) in [6, 6.07) is 0. The molecular weight excluding hydrogens is 336 g/mol. The second kappa shape index (κ2) is 7.77. The van der Waals surface area contributed by atoms with E-state index >= 15 is 0 Å². The molecule has 0 bridgehead atoms. The summed E-state index contributed by atoms with van der Waals surface area (Å²) in [4.78, 5) is 0. The van der Waals surface area contributed by atoms with Crippen molar-refractivity contribution in [2.75, 3.05) is 0 Å². The van der Waals surface area contributed by atoms with Gasteiger partial charge in [0.15, 0.2) is 0 Å². The zero-order chi connectivity index (χ0) is 20.1. The van der Waals surface area contributed by atoms with E-state index in [1.807, 2.05) is 5.57 Å². The molecule has 0 heteroatoms. The van der Waals surface area contributed by atoms with E-state index in [-0.39, 0.29) is 0 Å². The standard InChI is InChI=1S/C28H48/c1-19(2)8-7-9-21(4)24-12-13-25-23-11-10-22-18-20(3)14-16-27(22,5)26(23)15-17-28(24,25)6/h10,19-21,23-26H,7-9,11-18H2,1-6H3/t20-,21+,23-,24+,25?,26?,27-,28?/m0/s1. The first-order chi connectivity index (χ1) is 13.3. The first kappa shape index (κ1) is 21.0. The molecule has 8 atom stereocenters. The second-order valence-corrected chi connectivity index (χ2v) is 12.6. The molecule has 4 aliphatic rings. The Morgan fingerprint density at radius 3 is 2.50 bits per heavy atom. The van der Waals surface area contributed by atoms with E-state index in [0.717, 1.165) is 41.4 Å². The third-order valence-electron chi connectivity index (χ3n) is 10.6. The Balaban J connectivity index is 1.49. The molecule has 160 valence electrons. The molecule has 0 N–H and O–H groups in total. The van der Waals surface area contributed by atoms with Crippen molar-refractivity contribution in [1.82, 2.24) is 0 Å². The Hall–Kier alpha value is -0.260. The summed E-state index contributed by atoms with van der Waals surface area (Å²) in [5, 5.41) is 0. The van der Waals surface area contributed by atoms with E-state index in [9.17, 15) is 0 Å². The monoisotopic (exact) mass is 384 g/mol. The maximum Gasteiger partial charge on any atom is -0.00851 e. The highest BCUT2D eigenvalue weighted by Crippen LogP contribution is 2.67. The van der Waals surface area contributed by atoms with Gasteiger partial charge in [0.2, 0.25) is 0 Å². The quantitative estimate of drug-likeness (QED) is 0.416. The Kier molecular flexibility index (Phi) is 5.83. The minimum Gasteiger partial charge on any atom is -0.0845 e. The van der Waals surface area contributed by atoms with Crippen molar-refractivity contribution in [3.05, 3.63) is 11.6 Å². The molecular formula is C28H48. The van der Waals surface area contributed by atoms with Gasteiger partial charge in [-0.05, 0) is 104 Å². The van der Waals surface area contributed by atoms with Gasteiger partial charge in [-0.3, -0.25) is 0 Å². The number of rotatable bonds is 5. The number of allylic oxidation sites excluding steroid dienone is 2. The molecule has 4 aliphatic carbocycles. The summed E-state index contributed by atoms with van der Waals surface area (Å²) in [5.74, 6) is 6.73. The summed E-state index contributed by atoms with van der Waals surface area (Å²) < 4.78 is 0. The topological polar surface area (TPSA) is 0 Å². The van der Waals surface area contributed by atoms with Gasteiger partial charge >= 0.3 is 0 Å². The normalized spacial score (nSPS) is 46.5. The molecule has 4 rings (SSSR count). The van der Waals surface area contributed by atoms with E-state index in [1.54, 1.807) is 0 Å². The number of hydrogen-bond acceptors (Lipinski definition) is 0. The van der Waals surface area contributed by atoms with Crippen molar-refractivity contribution >= 4 is 0 Å². The molecule has 0 aromatic heterocycles. The lowest BCUT2D eigenvalue weighted by Gasteiger charge is -2.58. The fourth-order valence-corrected chi connectivity index (χ4v) is 8.87. The van der Waals surface area contributed by atoms with Crippen molar-refractivity contribution in [1.29, 1.82) is 0 Å². The zero-order valence-corrected chi connectivity index (χ0v) is 19.9. The molecule has 0 nitrogen and oxygen atoms in total. The van der Waals surface area contributed by atoms with E-state index < -0.39 is 0 Å². The molecule has 3 saturated carbocycles. The summed E-state index contributed by atoms with van der Waals surface area (Å²) >= 11 is 0. The van der Waals surface area contributed by atoms with Crippen LogP contribution in [-0.2, 0) is 0 Å². The Morgan fingerprint density at radius 1 is 0.964 bits per heavy atom. The molecule has 0 amide bonds. The van der Waals surface area contributed by atoms with Gasteiger partial charge in [-0.1, -0.05) is 72.5 Å². The van der Waals surface area contributed by atoms with E-state index in [2.05, 4.69) is 47.6 Å². The Labute approximate surface area is 176 Å². The lowest BCUT2D eigenvalue weighted by atomic mass is 9.46. The molecule has 0 saturated heterocycles. The van der Waals surface area contributed by atoms with Gasteiger partial charge in [-0.25, -0.2) is 0 Å². The molecule has 0 heterocycles. The Bertz CT molecular complexity index is 585. The smallest absolute Gasteiger partial charge is 0.00851 e. The highest BCUT2D eigenvalue weighted by atomic mass is 14.6. The van der Waals surface area contributed by atoms with Gasteiger partial charge in [0, 0.05) is 0 Å². The molecule has 0 spiro atoms. The summed E-state index contributed by atoms with van der Waals surface area (Å²) in [7, 11) is 0. The summed E-state index contributed by atoms with van der Waals surface area (Å²) in [6.07, 6.45) is 19.0. The van der Waals surface area contributed by atoms with Crippen LogP contribution in [0.15, 0.2) is 11.6 Å². The molecule has 0 aromatic rings. The van der Waals surface area contributed by atoms with Crippen molar-refractivity contribution in [3.63, 3.8) is 0 Å². The van der Waals surface area contributed by atoms with Crippen LogP contribution in [0.3, 0.4) is 0 Å². The van der Waals surface area contributed by atoms with Crippen LogP contribution in [0.5, 0.6) is 0 Å². The lowest BCUT2D eigenvalue weighted by Crippen LogP contribution is -2.50. The van der Waals surface area contributed by atoms with Crippen molar-refractivity contribution < 1.29 is 0 Å². The predicted molar refractivity (Wildman–Crippen MR) is 122 cm³/mol. The van der Waals surface area contributed by atoms with Crippen molar-refractivity contribution in [2.24, 2.45) is 52.3 Å². The van der Waals surface area contributed by atoms with Crippen molar-refractivity contribution in [2.45, 2.75) is 112 Å². The second-order valence-electron chi connectivity index (χ2n) is 12.6. The third-order valence-corrected chi connectivity index (χ3v) is 10.6. The first-order valence-corrected chi connectivity index (χ1v) is 12.9. The average Bonchev–Trinajstić information content (AvgIpc) is 2.99. The zero-order valence-electron chi connectivity index (χ0n) is 19.9. The lowest BCUT2D eigenvalue weighted by molar-refractivity contribution is -0.0523. The number of hydrogen-bond donors (Lipinski definition) is 0. The van der Waals surface area contributed by atoms with Crippen molar-refractivity contribution in [3.8, 4) is 0 Å². The van der Waals surface area contributed by atoms with Gasteiger partial charge < -0.3 is 0 Å². The minimum absolute atomic E-state index is 0.553. The molecule has 28 heavy (non-hydrogen) atoms. The minimum atomic E-state index is 0.553. The average molecular weight is 385 g/mol. The highest BCUT2D eigenvalue weighted by Gasteiger charge is 2.58. The van der Waals surface area contributed by atoms with Crippen LogP contribution >= 0.6 is 0 Å². The molecule has 3 unspecified atom stereocenters. The van der Waals surface area contributed by atoms with E-state index in [0.29, 0.717) is 10.8 Å². The summed E-state index contributed by atoms with van der Waals surface area (Å²) in [6.45, 7) is 15.3. The third kappa shape index (κ3) is 3.43. The van der Waals surface area contributed by atoms with E-state index in [1.165, 1.54) is 70.6 Å². The largest absolute Gasteiger partial charge is 0.0845 e. The van der Waals surface area contributed by atoms with Crippen LogP contribution in [0, 0.1) is 52.3 Å². The van der Waals surface area contributed by atoms with Crippen LogP contribution in [-0.4, -0.2) is 0 Å².